The van der Waals surface area contributed by atoms with Crippen molar-refractivity contribution in [3.8, 4) is 12.3 Å². The van der Waals surface area contributed by atoms with Gasteiger partial charge in [-0.1, -0.05) is 24.1 Å². The molecule has 1 aromatic rings. The van der Waals surface area contributed by atoms with Crippen LogP contribution >= 0.6 is 0 Å². The normalized spacial score (nSPS) is 6.50. The van der Waals surface area contributed by atoms with Crippen molar-refractivity contribution in [1.82, 2.24) is 0 Å². The van der Waals surface area contributed by atoms with Crippen LogP contribution in [-0.2, 0) is 0 Å². The Bertz CT molecular complexity index is 230. The van der Waals surface area contributed by atoms with Crippen molar-refractivity contribution in [3.63, 3.8) is 0 Å². The van der Waals surface area contributed by atoms with E-state index < -0.39 is 0 Å². The van der Waals surface area contributed by atoms with Gasteiger partial charge in [0.2, 0.25) is 0 Å². The zero-order valence-corrected chi connectivity index (χ0v) is 5.36. The Labute approximate surface area is 59.9 Å². The van der Waals surface area contributed by atoms with Crippen LogP contribution in [0.25, 0.3) is 0 Å². The van der Waals surface area contributed by atoms with Gasteiger partial charge in [-0.15, -0.1) is 6.42 Å². The zero-order chi connectivity index (χ0) is 7.82. The Hall–Kier alpha value is -1.80. The molecule has 0 saturated heterocycles. The standard InChI is InChI=1S/C8H6.N2/c1-2-8-6-4-3-5-7-8;1-2/h1,3-7H;. The Morgan fingerprint density at radius 1 is 1.10 bits per heavy atom. The maximum atomic E-state index is 6.00. The number of hydrogen-bond donors (Lipinski definition) is 0. The van der Waals surface area contributed by atoms with Crippen molar-refractivity contribution >= 4 is 0 Å². The lowest BCUT2D eigenvalue weighted by Gasteiger charge is -1.82. The molecule has 0 aromatic heterocycles. The fourth-order valence-electron chi connectivity index (χ4n) is 0.534. The quantitative estimate of drug-likeness (QED) is 0.396. The van der Waals surface area contributed by atoms with Gasteiger partial charge in [-0.25, -0.2) is 0 Å². The molecule has 0 saturated carbocycles. The number of hydrogen-bond acceptors (Lipinski definition) is 2. The van der Waals surface area contributed by atoms with Gasteiger partial charge in [-0.05, 0) is 12.1 Å². The van der Waals surface area contributed by atoms with Crippen LogP contribution in [0.4, 0.5) is 0 Å². The lowest BCUT2D eigenvalue weighted by molar-refractivity contribution is 1.15. The Balaban J connectivity index is 0.000000371. The van der Waals surface area contributed by atoms with Gasteiger partial charge in [0.25, 0.3) is 0 Å². The molecule has 2 nitrogen and oxygen atoms in total. The minimum Gasteiger partial charge on any atom is -0.115 e. The highest BCUT2D eigenvalue weighted by molar-refractivity contribution is 5.30. The van der Waals surface area contributed by atoms with E-state index in [1.54, 1.807) is 0 Å². The molecule has 1 aromatic carbocycles. The third-order valence-electron chi connectivity index (χ3n) is 0.940. The van der Waals surface area contributed by atoms with Gasteiger partial charge in [0.1, 0.15) is 0 Å². The van der Waals surface area contributed by atoms with Crippen molar-refractivity contribution in [1.29, 1.82) is 10.8 Å². The summed E-state index contributed by atoms with van der Waals surface area (Å²) in [5.41, 5.74) is 0.938. The average Bonchev–Trinajstić information content (AvgIpc) is 2.10. The fraction of sp³-hybridized carbons (Fsp3) is 0. The van der Waals surface area contributed by atoms with E-state index >= 15 is 0 Å². The SMILES string of the molecule is C#Cc1ccccc1.N#N. The molecule has 0 spiro atoms. The molecule has 48 valence electrons. The lowest BCUT2D eigenvalue weighted by Crippen LogP contribution is -1.66. The average molecular weight is 130 g/mol. The maximum Gasteiger partial charge on any atom is 0.0242 e. The highest BCUT2D eigenvalue weighted by atomic mass is 14.6. The highest BCUT2D eigenvalue weighted by Gasteiger charge is 1.76. The van der Waals surface area contributed by atoms with Crippen LogP contribution in [0.3, 0.4) is 0 Å². The van der Waals surface area contributed by atoms with Gasteiger partial charge in [0.15, 0.2) is 0 Å². The summed E-state index contributed by atoms with van der Waals surface area (Å²) in [5.74, 6) is 2.53. The summed E-state index contributed by atoms with van der Waals surface area (Å²) >= 11 is 0. The predicted octanol–water partition coefficient (Wildman–Crippen LogP) is 1.70. The van der Waals surface area contributed by atoms with E-state index in [0.717, 1.165) is 5.56 Å². The van der Waals surface area contributed by atoms with Crippen molar-refractivity contribution in [2.24, 2.45) is 0 Å². The molecule has 0 radical (unpaired) electrons. The van der Waals surface area contributed by atoms with E-state index in [4.69, 9.17) is 17.2 Å². The summed E-state index contributed by atoms with van der Waals surface area (Å²) in [7, 11) is 0. The number of nitrogens with zero attached hydrogens (tertiary/aromatic N) is 2. The molecular formula is C8H6N2. The van der Waals surface area contributed by atoms with Crippen molar-refractivity contribution in [3.05, 3.63) is 35.9 Å². The van der Waals surface area contributed by atoms with Crippen LogP contribution in [-0.4, -0.2) is 0 Å². The minimum absolute atomic E-state index is 0.938. The van der Waals surface area contributed by atoms with Crippen LogP contribution in [0, 0.1) is 23.1 Å². The smallest absolute Gasteiger partial charge is 0.0242 e. The molecule has 0 N–H and O–H groups in total. The molecule has 0 unspecified atom stereocenters. The van der Waals surface area contributed by atoms with Crippen molar-refractivity contribution < 1.29 is 0 Å². The number of terminal acetylenes is 1. The summed E-state index contributed by atoms with van der Waals surface area (Å²) < 4.78 is 0. The summed E-state index contributed by atoms with van der Waals surface area (Å²) in [6, 6.07) is 9.60. The molecule has 10 heavy (non-hydrogen) atoms. The topological polar surface area (TPSA) is 47.6 Å². The second kappa shape index (κ2) is 5.34. The third kappa shape index (κ3) is 2.49. The number of rotatable bonds is 0. The fourth-order valence-corrected chi connectivity index (χ4v) is 0.534. The molecule has 0 atom stereocenters. The summed E-state index contributed by atoms with van der Waals surface area (Å²) in [4.78, 5) is 0. The van der Waals surface area contributed by atoms with Crippen LogP contribution in [0.1, 0.15) is 5.56 Å². The van der Waals surface area contributed by atoms with Gasteiger partial charge in [0, 0.05) is 16.3 Å². The van der Waals surface area contributed by atoms with Crippen molar-refractivity contribution in [2.75, 3.05) is 0 Å². The van der Waals surface area contributed by atoms with E-state index in [9.17, 15) is 0 Å². The second-order valence-corrected chi connectivity index (χ2v) is 1.51. The van der Waals surface area contributed by atoms with E-state index in [1.807, 2.05) is 30.3 Å². The first-order valence-corrected chi connectivity index (χ1v) is 2.65. The first-order valence-electron chi connectivity index (χ1n) is 2.65. The van der Waals surface area contributed by atoms with E-state index in [1.165, 1.54) is 0 Å². The van der Waals surface area contributed by atoms with Crippen LogP contribution in [0.5, 0.6) is 0 Å². The largest absolute Gasteiger partial charge is 0.115 e. The monoisotopic (exact) mass is 130 g/mol. The maximum absolute atomic E-state index is 6.00. The zero-order valence-electron chi connectivity index (χ0n) is 5.36. The predicted molar refractivity (Wildman–Crippen MR) is 37.8 cm³/mol. The molecule has 0 fully saturated rings. The summed E-state index contributed by atoms with van der Waals surface area (Å²) in [6.45, 7) is 0. The molecule has 1 rings (SSSR count). The first-order chi connectivity index (χ1) is 4.93. The Morgan fingerprint density at radius 3 is 1.90 bits per heavy atom. The molecular weight excluding hydrogens is 124 g/mol. The number of benzene rings is 1. The Morgan fingerprint density at radius 2 is 1.60 bits per heavy atom. The molecule has 0 aliphatic heterocycles. The van der Waals surface area contributed by atoms with Gasteiger partial charge < -0.3 is 0 Å². The molecule has 2 heteroatoms. The van der Waals surface area contributed by atoms with Gasteiger partial charge in [-0.3, -0.25) is 0 Å². The van der Waals surface area contributed by atoms with Gasteiger partial charge >= 0.3 is 0 Å². The molecule has 0 heterocycles. The second-order valence-electron chi connectivity index (χ2n) is 1.51. The van der Waals surface area contributed by atoms with Crippen LogP contribution < -0.4 is 0 Å². The van der Waals surface area contributed by atoms with Crippen LogP contribution in [0.2, 0.25) is 0 Å². The van der Waals surface area contributed by atoms with E-state index in [-0.39, 0.29) is 0 Å². The lowest BCUT2D eigenvalue weighted by atomic mass is 10.2. The first kappa shape index (κ1) is 8.20. The van der Waals surface area contributed by atoms with Gasteiger partial charge in [0.05, 0.1) is 0 Å². The third-order valence-corrected chi connectivity index (χ3v) is 0.940. The minimum atomic E-state index is 0.938. The van der Waals surface area contributed by atoms with Crippen LogP contribution in [0.15, 0.2) is 30.3 Å². The summed E-state index contributed by atoms with van der Waals surface area (Å²) in [6.07, 6.45) is 5.10. The van der Waals surface area contributed by atoms with Crippen molar-refractivity contribution in [2.45, 2.75) is 0 Å². The highest BCUT2D eigenvalue weighted by Crippen LogP contribution is 1.92. The molecule has 0 aliphatic carbocycles. The molecule has 0 aliphatic rings. The van der Waals surface area contributed by atoms with Gasteiger partial charge in [-0.2, -0.15) is 0 Å². The molecule has 0 amide bonds. The van der Waals surface area contributed by atoms with E-state index in [2.05, 4.69) is 5.92 Å². The summed E-state index contributed by atoms with van der Waals surface area (Å²) in [5, 5.41) is 12.0. The Kier molecular flexibility index (Phi) is 4.38. The van der Waals surface area contributed by atoms with E-state index in [0.29, 0.717) is 0 Å². The molecule has 0 bridgehead atoms.